The van der Waals surface area contributed by atoms with E-state index in [1.54, 1.807) is 32.9 Å². The van der Waals surface area contributed by atoms with Crippen LogP contribution in [-0.4, -0.2) is 15.5 Å². The van der Waals surface area contributed by atoms with Crippen LogP contribution in [0.3, 0.4) is 0 Å². The zero-order chi connectivity index (χ0) is 19.2. The van der Waals surface area contributed by atoms with Crippen LogP contribution in [0.1, 0.15) is 52.7 Å². The maximum Gasteiger partial charge on any atom is 0.271 e. The second-order valence-electron chi connectivity index (χ2n) is 6.46. The fourth-order valence-corrected chi connectivity index (χ4v) is 3.18. The molecule has 1 N–H and O–H groups in total. The lowest BCUT2D eigenvalue weighted by atomic mass is 9.98. The van der Waals surface area contributed by atoms with E-state index < -0.39 is 23.3 Å². The topological polar surface area (TPSA) is 96.2 Å². The van der Waals surface area contributed by atoms with Crippen LogP contribution in [0.15, 0.2) is 33.5 Å². The summed E-state index contributed by atoms with van der Waals surface area (Å²) in [7, 11) is 0. The van der Waals surface area contributed by atoms with Gasteiger partial charge in [0.2, 0.25) is 11.7 Å². The van der Waals surface area contributed by atoms with Gasteiger partial charge in [-0.15, -0.1) is 0 Å². The van der Waals surface area contributed by atoms with Gasteiger partial charge in [0.15, 0.2) is 5.76 Å². The number of hydrogen-bond acceptors (Lipinski definition) is 5. The number of hydrogen-bond donors (Lipinski definition) is 1. The van der Waals surface area contributed by atoms with Crippen LogP contribution in [0.5, 0.6) is 5.88 Å². The number of furan rings is 1. The van der Waals surface area contributed by atoms with Gasteiger partial charge in [-0.2, -0.15) is 5.26 Å². The summed E-state index contributed by atoms with van der Waals surface area (Å²) < 4.78 is 6.75. The Labute approximate surface area is 149 Å². The van der Waals surface area contributed by atoms with Crippen molar-refractivity contribution in [2.75, 3.05) is 0 Å². The van der Waals surface area contributed by atoms with E-state index in [1.807, 2.05) is 18.2 Å². The molecular formula is C20H18N2O4. The van der Waals surface area contributed by atoms with E-state index in [0.29, 0.717) is 11.1 Å². The van der Waals surface area contributed by atoms with Gasteiger partial charge in [0.1, 0.15) is 17.2 Å². The van der Waals surface area contributed by atoms with Crippen LogP contribution in [0.2, 0.25) is 0 Å². The Bertz CT molecular complexity index is 1140. The minimum atomic E-state index is -0.615. The van der Waals surface area contributed by atoms with Gasteiger partial charge in [-0.25, -0.2) is 0 Å². The number of aromatic hydroxyl groups is 1. The minimum absolute atomic E-state index is 0.0856. The van der Waals surface area contributed by atoms with Crippen LogP contribution in [0.4, 0.5) is 0 Å². The number of rotatable bonds is 3. The summed E-state index contributed by atoms with van der Waals surface area (Å²) in [4.78, 5) is 25.6. The monoisotopic (exact) mass is 350 g/mol. The first-order valence-electron chi connectivity index (χ1n) is 8.20. The third-order valence-electron chi connectivity index (χ3n) is 4.54. The van der Waals surface area contributed by atoms with E-state index in [-0.39, 0.29) is 22.5 Å². The van der Waals surface area contributed by atoms with Crippen molar-refractivity contribution in [1.82, 2.24) is 4.57 Å². The Kier molecular flexibility index (Phi) is 4.17. The highest BCUT2D eigenvalue weighted by Crippen LogP contribution is 2.31. The largest absolute Gasteiger partial charge is 0.494 e. The van der Waals surface area contributed by atoms with Crippen LogP contribution >= 0.6 is 0 Å². The van der Waals surface area contributed by atoms with Gasteiger partial charge in [-0.3, -0.25) is 14.2 Å². The van der Waals surface area contributed by atoms with Crippen molar-refractivity contribution in [1.29, 1.82) is 5.26 Å². The second-order valence-corrected chi connectivity index (χ2v) is 6.46. The molecule has 2 aromatic heterocycles. The van der Waals surface area contributed by atoms with Crippen molar-refractivity contribution < 1.29 is 14.3 Å². The number of para-hydroxylation sites is 1. The Balaban J connectivity index is 2.34. The van der Waals surface area contributed by atoms with Crippen molar-refractivity contribution in [2.45, 2.75) is 33.7 Å². The molecule has 0 radical (unpaired) electrons. The zero-order valence-electron chi connectivity index (χ0n) is 15.0. The highest BCUT2D eigenvalue weighted by molar-refractivity contribution is 6.12. The van der Waals surface area contributed by atoms with E-state index in [4.69, 9.17) is 4.42 Å². The Morgan fingerprint density at radius 3 is 2.46 bits per heavy atom. The van der Waals surface area contributed by atoms with Gasteiger partial charge >= 0.3 is 0 Å². The van der Waals surface area contributed by atoms with Crippen LogP contribution in [0, 0.1) is 25.2 Å². The lowest BCUT2D eigenvalue weighted by Gasteiger charge is -2.17. The van der Waals surface area contributed by atoms with Crippen molar-refractivity contribution in [3.05, 3.63) is 62.6 Å². The maximum absolute atomic E-state index is 13.2. The van der Waals surface area contributed by atoms with Gasteiger partial charge in [-0.05, 0) is 39.3 Å². The number of aromatic nitrogens is 1. The molecule has 0 bridgehead atoms. The second kappa shape index (κ2) is 6.19. The van der Waals surface area contributed by atoms with Gasteiger partial charge in [0.25, 0.3) is 5.56 Å². The molecule has 0 fully saturated rings. The molecule has 0 amide bonds. The molecule has 0 aliphatic heterocycles. The number of benzene rings is 1. The molecule has 0 saturated carbocycles. The summed E-state index contributed by atoms with van der Waals surface area (Å²) >= 11 is 0. The average Bonchev–Trinajstić information content (AvgIpc) is 2.92. The molecular weight excluding hydrogens is 332 g/mol. The van der Waals surface area contributed by atoms with E-state index in [1.165, 1.54) is 6.92 Å². The Morgan fingerprint density at radius 1 is 1.23 bits per heavy atom. The molecule has 0 spiro atoms. The molecule has 0 aliphatic carbocycles. The molecule has 1 aromatic carbocycles. The van der Waals surface area contributed by atoms with Gasteiger partial charge < -0.3 is 9.52 Å². The smallest absolute Gasteiger partial charge is 0.271 e. The summed E-state index contributed by atoms with van der Waals surface area (Å²) in [5, 5.41) is 20.8. The first-order chi connectivity index (χ1) is 12.3. The van der Waals surface area contributed by atoms with E-state index in [0.717, 1.165) is 9.95 Å². The normalized spacial score (nSPS) is 11.1. The van der Waals surface area contributed by atoms with Crippen LogP contribution in [0.25, 0.3) is 11.0 Å². The Hall–Kier alpha value is -3.33. The van der Waals surface area contributed by atoms with Crippen molar-refractivity contribution >= 4 is 16.8 Å². The highest BCUT2D eigenvalue weighted by Gasteiger charge is 2.29. The number of nitrogens with zero attached hydrogens (tertiary/aromatic N) is 2. The minimum Gasteiger partial charge on any atom is -0.494 e. The first-order valence-corrected chi connectivity index (χ1v) is 8.20. The molecule has 2 heterocycles. The third kappa shape index (κ3) is 2.40. The average molecular weight is 350 g/mol. The van der Waals surface area contributed by atoms with Gasteiger partial charge in [-0.1, -0.05) is 18.2 Å². The van der Waals surface area contributed by atoms with Crippen molar-refractivity contribution in [3.63, 3.8) is 0 Å². The molecule has 132 valence electrons. The van der Waals surface area contributed by atoms with Gasteiger partial charge in [0.05, 0.1) is 5.56 Å². The van der Waals surface area contributed by atoms with E-state index in [9.17, 15) is 20.0 Å². The molecule has 26 heavy (non-hydrogen) atoms. The molecule has 6 nitrogen and oxygen atoms in total. The molecule has 0 atom stereocenters. The van der Waals surface area contributed by atoms with Crippen LogP contribution in [-0.2, 0) is 0 Å². The molecule has 3 aromatic rings. The number of carbonyl (C=O) groups is 1. The fraction of sp³-hybridized carbons (Fsp3) is 0.250. The van der Waals surface area contributed by atoms with Crippen molar-refractivity contribution in [3.8, 4) is 11.9 Å². The fourth-order valence-electron chi connectivity index (χ4n) is 3.18. The summed E-state index contributed by atoms with van der Waals surface area (Å²) in [5.74, 6) is -0.923. The van der Waals surface area contributed by atoms with E-state index >= 15 is 0 Å². The lowest BCUT2D eigenvalue weighted by Crippen LogP contribution is -2.28. The number of ketones is 1. The summed E-state index contributed by atoms with van der Waals surface area (Å²) in [5.41, 5.74) is 0.492. The SMILES string of the molecule is Cc1c(C(=O)c2oc3ccccc3c2C)c(O)n(C(C)C)c(=O)c1C#N. The summed E-state index contributed by atoms with van der Waals surface area (Å²) in [6.07, 6.45) is 0. The molecule has 0 aliphatic rings. The summed E-state index contributed by atoms with van der Waals surface area (Å²) in [6.45, 7) is 6.63. The number of fused-ring (bicyclic) bond motifs is 1. The Morgan fingerprint density at radius 2 is 1.88 bits per heavy atom. The van der Waals surface area contributed by atoms with Crippen LogP contribution < -0.4 is 5.56 Å². The molecule has 0 unspecified atom stereocenters. The zero-order valence-corrected chi connectivity index (χ0v) is 15.0. The molecule has 0 saturated heterocycles. The first kappa shape index (κ1) is 17.5. The lowest BCUT2D eigenvalue weighted by molar-refractivity contribution is 0.100. The molecule has 3 rings (SSSR count). The maximum atomic E-state index is 13.2. The van der Waals surface area contributed by atoms with E-state index in [2.05, 4.69) is 0 Å². The third-order valence-corrected chi connectivity index (χ3v) is 4.54. The number of carbonyl (C=O) groups excluding carboxylic acids is 1. The summed E-state index contributed by atoms with van der Waals surface area (Å²) in [6, 6.07) is 8.66. The number of aryl methyl sites for hydroxylation is 1. The molecule has 6 heteroatoms. The number of nitriles is 1. The highest BCUT2D eigenvalue weighted by atomic mass is 16.3. The number of pyridine rings is 1. The van der Waals surface area contributed by atoms with Gasteiger partial charge in [0, 0.05) is 17.0 Å². The predicted molar refractivity (Wildman–Crippen MR) is 96.6 cm³/mol. The quantitative estimate of drug-likeness (QED) is 0.728. The van der Waals surface area contributed by atoms with Crippen molar-refractivity contribution in [2.24, 2.45) is 0 Å². The predicted octanol–water partition coefficient (Wildman–Crippen LogP) is 3.60. The standard InChI is InChI=1S/C20H18N2O4/c1-10(2)22-19(24)14(9-21)11(3)16(20(22)25)17(23)18-12(4)13-7-5-6-8-15(13)26-18/h5-8,10,25H,1-4H3.